The smallest absolute Gasteiger partial charge is 0.0458 e. The van der Waals surface area contributed by atoms with Crippen molar-refractivity contribution < 1.29 is 5.21 Å². The Morgan fingerprint density at radius 2 is 2.15 bits per heavy atom. The summed E-state index contributed by atoms with van der Waals surface area (Å²) in [5, 5.41) is 10.8. The molecule has 0 radical (unpaired) electrons. The van der Waals surface area contributed by atoms with Gasteiger partial charge in [-0.1, -0.05) is 12.1 Å². The lowest BCUT2D eigenvalue weighted by Crippen LogP contribution is -2.05. The van der Waals surface area contributed by atoms with Gasteiger partial charge in [-0.15, -0.1) is 0 Å². The van der Waals surface area contributed by atoms with Gasteiger partial charge in [-0.05, 0) is 23.1 Å². The van der Waals surface area contributed by atoms with E-state index in [2.05, 4.69) is 10.5 Å². The van der Waals surface area contributed by atoms with Gasteiger partial charge >= 0.3 is 0 Å². The Labute approximate surface area is 76.0 Å². The molecule has 1 aromatic heterocycles. The lowest BCUT2D eigenvalue weighted by Gasteiger charge is -2.01. The van der Waals surface area contributed by atoms with Crippen LogP contribution in [0.3, 0.4) is 0 Å². The van der Waals surface area contributed by atoms with Crippen LogP contribution in [0.25, 0.3) is 10.8 Å². The Morgan fingerprint density at radius 1 is 1.23 bits per heavy atom. The van der Waals surface area contributed by atoms with Crippen molar-refractivity contribution in [1.29, 1.82) is 0 Å². The molecule has 0 aliphatic heterocycles. The molecule has 3 heteroatoms. The number of nitrogens with one attached hydrogen (secondary N) is 1. The molecule has 0 bridgehead atoms. The highest BCUT2D eigenvalue weighted by Crippen LogP contribution is 2.13. The molecule has 3 nitrogen and oxygen atoms in total. The molecular formula is C10H10N2O. The zero-order valence-corrected chi connectivity index (χ0v) is 7.07. The van der Waals surface area contributed by atoms with Gasteiger partial charge in [-0.3, -0.25) is 4.98 Å². The lowest BCUT2D eigenvalue weighted by molar-refractivity contribution is 0.161. The number of benzene rings is 1. The molecule has 66 valence electrons. The molecule has 1 heterocycles. The molecule has 2 rings (SSSR count). The number of rotatable bonds is 2. The summed E-state index contributed by atoms with van der Waals surface area (Å²) in [4.78, 5) is 4.02. The first-order valence-electron chi connectivity index (χ1n) is 4.10. The number of hydroxylamine groups is 1. The van der Waals surface area contributed by atoms with Crippen LogP contribution in [0.4, 0.5) is 0 Å². The number of pyridine rings is 1. The molecule has 0 spiro atoms. The van der Waals surface area contributed by atoms with E-state index in [1.807, 2.05) is 30.5 Å². The largest absolute Gasteiger partial charge is 0.316 e. The standard InChI is InChI=1S/C10H10N2O/c13-12-6-8-1-2-10-7-11-4-3-9(10)5-8/h1-5,7,12-13H,6H2. The normalized spacial score (nSPS) is 10.5. The predicted molar refractivity (Wildman–Crippen MR) is 50.4 cm³/mol. The Bertz CT molecular complexity index is 414. The molecule has 0 saturated carbocycles. The average Bonchev–Trinajstić information content (AvgIpc) is 2.18. The summed E-state index contributed by atoms with van der Waals surface area (Å²) < 4.78 is 0. The quantitative estimate of drug-likeness (QED) is 0.681. The molecule has 0 aliphatic carbocycles. The van der Waals surface area contributed by atoms with E-state index in [1.165, 1.54) is 0 Å². The lowest BCUT2D eigenvalue weighted by atomic mass is 10.1. The maximum atomic E-state index is 8.53. The third-order valence-electron chi connectivity index (χ3n) is 1.99. The van der Waals surface area contributed by atoms with E-state index in [0.717, 1.165) is 16.3 Å². The predicted octanol–water partition coefficient (Wildman–Crippen LogP) is 1.71. The second kappa shape index (κ2) is 3.51. The summed E-state index contributed by atoms with van der Waals surface area (Å²) in [7, 11) is 0. The molecule has 1 aromatic carbocycles. The van der Waals surface area contributed by atoms with Gasteiger partial charge in [0, 0.05) is 24.3 Å². The minimum Gasteiger partial charge on any atom is -0.316 e. The fourth-order valence-corrected chi connectivity index (χ4v) is 1.33. The molecule has 0 atom stereocenters. The number of nitrogens with zero attached hydrogens (tertiary/aromatic N) is 1. The van der Waals surface area contributed by atoms with Crippen molar-refractivity contribution in [1.82, 2.24) is 10.5 Å². The highest BCUT2D eigenvalue weighted by Gasteiger charge is 1.94. The minimum atomic E-state index is 0.470. The fourth-order valence-electron chi connectivity index (χ4n) is 1.33. The van der Waals surface area contributed by atoms with Crippen molar-refractivity contribution in [3.05, 3.63) is 42.2 Å². The van der Waals surface area contributed by atoms with Gasteiger partial charge in [0.05, 0.1) is 0 Å². The second-order valence-corrected chi connectivity index (χ2v) is 2.89. The van der Waals surface area contributed by atoms with E-state index in [1.54, 1.807) is 6.20 Å². The van der Waals surface area contributed by atoms with E-state index in [9.17, 15) is 0 Å². The molecular weight excluding hydrogens is 164 g/mol. The molecule has 0 fully saturated rings. The third kappa shape index (κ3) is 1.66. The van der Waals surface area contributed by atoms with Crippen LogP contribution >= 0.6 is 0 Å². The molecule has 0 aliphatic rings. The van der Waals surface area contributed by atoms with Crippen molar-refractivity contribution in [2.24, 2.45) is 0 Å². The van der Waals surface area contributed by atoms with Gasteiger partial charge in [0.15, 0.2) is 0 Å². The Hall–Kier alpha value is -1.45. The maximum absolute atomic E-state index is 8.53. The Kier molecular flexibility index (Phi) is 2.21. The Morgan fingerprint density at radius 3 is 3.00 bits per heavy atom. The summed E-state index contributed by atoms with van der Waals surface area (Å²) >= 11 is 0. The van der Waals surface area contributed by atoms with E-state index in [4.69, 9.17) is 5.21 Å². The molecule has 0 unspecified atom stereocenters. The topological polar surface area (TPSA) is 45.1 Å². The summed E-state index contributed by atoms with van der Waals surface area (Å²) in [6, 6.07) is 7.94. The van der Waals surface area contributed by atoms with Gasteiger partial charge in [0.25, 0.3) is 0 Å². The van der Waals surface area contributed by atoms with E-state index in [0.29, 0.717) is 6.54 Å². The second-order valence-electron chi connectivity index (χ2n) is 2.89. The van der Waals surface area contributed by atoms with Crippen LogP contribution in [0.2, 0.25) is 0 Å². The van der Waals surface area contributed by atoms with Crippen molar-refractivity contribution >= 4 is 10.8 Å². The number of aromatic nitrogens is 1. The van der Waals surface area contributed by atoms with Crippen molar-refractivity contribution in [2.45, 2.75) is 6.54 Å². The van der Waals surface area contributed by atoms with Crippen molar-refractivity contribution in [3.63, 3.8) is 0 Å². The Balaban J connectivity index is 2.49. The zero-order valence-electron chi connectivity index (χ0n) is 7.07. The van der Waals surface area contributed by atoms with Gasteiger partial charge < -0.3 is 5.21 Å². The maximum Gasteiger partial charge on any atom is 0.0458 e. The van der Waals surface area contributed by atoms with Crippen LogP contribution in [0, 0.1) is 0 Å². The highest BCUT2D eigenvalue weighted by molar-refractivity contribution is 5.81. The van der Waals surface area contributed by atoms with Crippen LogP contribution in [0.15, 0.2) is 36.7 Å². The zero-order chi connectivity index (χ0) is 9.10. The fraction of sp³-hybridized carbons (Fsp3) is 0.100. The van der Waals surface area contributed by atoms with Crippen LogP contribution in [0.1, 0.15) is 5.56 Å². The average molecular weight is 174 g/mol. The van der Waals surface area contributed by atoms with Crippen LogP contribution in [-0.2, 0) is 6.54 Å². The van der Waals surface area contributed by atoms with Crippen molar-refractivity contribution in [2.75, 3.05) is 0 Å². The molecule has 2 aromatic rings. The SMILES string of the molecule is ONCc1ccc2cnccc2c1. The van der Waals surface area contributed by atoms with Crippen LogP contribution in [0.5, 0.6) is 0 Å². The number of hydrogen-bond donors (Lipinski definition) is 2. The van der Waals surface area contributed by atoms with Gasteiger partial charge in [0.1, 0.15) is 0 Å². The van der Waals surface area contributed by atoms with E-state index < -0.39 is 0 Å². The summed E-state index contributed by atoms with van der Waals surface area (Å²) in [6.45, 7) is 0.470. The highest BCUT2D eigenvalue weighted by atomic mass is 16.5. The summed E-state index contributed by atoms with van der Waals surface area (Å²) in [6.07, 6.45) is 3.59. The van der Waals surface area contributed by atoms with Gasteiger partial charge in [-0.2, -0.15) is 0 Å². The summed E-state index contributed by atoms with van der Waals surface area (Å²) in [5.74, 6) is 0. The molecule has 0 amide bonds. The number of fused-ring (bicyclic) bond motifs is 1. The molecule has 2 N–H and O–H groups in total. The first-order chi connectivity index (χ1) is 6.40. The monoisotopic (exact) mass is 174 g/mol. The van der Waals surface area contributed by atoms with E-state index >= 15 is 0 Å². The third-order valence-corrected chi connectivity index (χ3v) is 1.99. The first kappa shape index (κ1) is 8.16. The minimum absolute atomic E-state index is 0.470. The molecule has 13 heavy (non-hydrogen) atoms. The van der Waals surface area contributed by atoms with Crippen molar-refractivity contribution in [3.8, 4) is 0 Å². The van der Waals surface area contributed by atoms with Gasteiger partial charge in [-0.25, -0.2) is 5.48 Å². The number of hydrogen-bond acceptors (Lipinski definition) is 3. The van der Waals surface area contributed by atoms with Gasteiger partial charge in [0.2, 0.25) is 0 Å². The van der Waals surface area contributed by atoms with Crippen LogP contribution in [-0.4, -0.2) is 10.2 Å². The first-order valence-corrected chi connectivity index (χ1v) is 4.10. The summed E-state index contributed by atoms with van der Waals surface area (Å²) in [5.41, 5.74) is 3.19. The van der Waals surface area contributed by atoms with E-state index in [-0.39, 0.29) is 0 Å². The van der Waals surface area contributed by atoms with Crippen LogP contribution < -0.4 is 5.48 Å². The molecule has 0 saturated heterocycles.